The predicted octanol–water partition coefficient (Wildman–Crippen LogP) is 3.66. The number of allylic oxidation sites excluding steroid dienone is 1. The highest BCUT2D eigenvalue weighted by molar-refractivity contribution is 5.85. The molecule has 0 spiro atoms. The van der Waals surface area contributed by atoms with Gasteiger partial charge in [0.15, 0.2) is 0 Å². The summed E-state index contributed by atoms with van der Waals surface area (Å²) in [7, 11) is 0. The molecule has 0 aromatic rings. The quantitative estimate of drug-likeness (QED) is 0.238. The second kappa shape index (κ2) is 11.2. The molecule has 5 heteroatoms. The van der Waals surface area contributed by atoms with Gasteiger partial charge in [0, 0.05) is 17.4 Å². The molecule has 0 amide bonds. The highest BCUT2D eigenvalue weighted by atomic mass is 16.4. The van der Waals surface area contributed by atoms with E-state index in [1.807, 2.05) is 6.92 Å². The van der Waals surface area contributed by atoms with Gasteiger partial charge < -0.3 is 20.4 Å². The summed E-state index contributed by atoms with van der Waals surface area (Å²) in [4.78, 5) is 10.8. The van der Waals surface area contributed by atoms with Crippen molar-refractivity contribution in [1.82, 2.24) is 0 Å². The van der Waals surface area contributed by atoms with Crippen molar-refractivity contribution in [3.63, 3.8) is 0 Å². The second-order valence-electron chi connectivity index (χ2n) is 9.09. The third-order valence-electron chi connectivity index (χ3n) is 7.25. The van der Waals surface area contributed by atoms with Gasteiger partial charge in [0.05, 0.1) is 18.3 Å². The van der Waals surface area contributed by atoms with E-state index in [9.17, 15) is 20.1 Å². The average Bonchev–Trinajstić information content (AvgIpc) is 2.91. The van der Waals surface area contributed by atoms with Gasteiger partial charge in [-0.2, -0.15) is 0 Å². The van der Waals surface area contributed by atoms with E-state index in [1.165, 1.54) is 0 Å². The molecule has 5 atom stereocenters. The van der Waals surface area contributed by atoms with E-state index in [4.69, 9.17) is 5.11 Å². The SMILES string of the molecule is CC#CCC1(C(O)CC[C@@H]2[C@@H](CCCCC=C(C)C(=O)O)[C@@H](O)C[C@H]2O)CCC1. The standard InChI is InChI=1S/C24H38O5/c1-3-4-13-24(14-8-15-24)22(27)12-11-19-18(20(25)16-21(19)26)10-7-5-6-9-17(2)23(28)29/h9,18-22,25-27H,5-8,10-16H2,1-2H3,(H,28,29)/t18-,19-,20+,21-,22?/m1/s1. The van der Waals surface area contributed by atoms with E-state index in [1.54, 1.807) is 13.0 Å². The van der Waals surface area contributed by atoms with E-state index in [2.05, 4.69) is 11.8 Å². The van der Waals surface area contributed by atoms with E-state index in [0.717, 1.165) is 51.4 Å². The van der Waals surface area contributed by atoms with Crippen molar-refractivity contribution in [2.24, 2.45) is 17.3 Å². The maximum Gasteiger partial charge on any atom is 0.330 e. The van der Waals surface area contributed by atoms with Crippen LogP contribution in [0.3, 0.4) is 0 Å². The fraction of sp³-hybridized carbons (Fsp3) is 0.792. The predicted molar refractivity (Wildman–Crippen MR) is 113 cm³/mol. The Balaban J connectivity index is 1.83. The molecule has 2 fully saturated rings. The van der Waals surface area contributed by atoms with E-state index in [0.29, 0.717) is 24.8 Å². The molecule has 0 radical (unpaired) electrons. The summed E-state index contributed by atoms with van der Waals surface area (Å²) >= 11 is 0. The number of carboxylic acids is 1. The van der Waals surface area contributed by atoms with Crippen LogP contribution in [0.15, 0.2) is 11.6 Å². The molecule has 0 saturated heterocycles. The third-order valence-corrected chi connectivity index (χ3v) is 7.25. The Morgan fingerprint density at radius 2 is 1.83 bits per heavy atom. The van der Waals surface area contributed by atoms with Crippen molar-refractivity contribution in [2.45, 2.75) is 103 Å². The summed E-state index contributed by atoms with van der Waals surface area (Å²) in [6.07, 6.45) is 9.37. The van der Waals surface area contributed by atoms with Crippen LogP contribution in [-0.4, -0.2) is 44.7 Å². The monoisotopic (exact) mass is 406 g/mol. The molecule has 164 valence electrons. The minimum absolute atomic E-state index is 0.0188. The van der Waals surface area contributed by atoms with Crippen molar-refractivity contribution in [3.8, 4) is 11.8 Å². The van der Waals surface area contributed by atoms with Gasteiger partial charge in [-0.1, -0.05) is 18.9 Å². The first kappa shape index (κ1) is 23.9. The first-order valence-electron chi connectivity index (χ1n) is 11.1. The van der Waals surface area contributed by atoms with Crippen LogP contribution in [0.25, 0.3) is 0 Å². The number of aliphatic hydroxyl groups is 3. The van der Waals surface area contributed by atoms with Crippen LogP contribution in [0, 0.1) is 29.1 Å². The Labute approximate surface area is 175 Å². The zero-order valence-electron chi connectivity index (χ0n) is 17.9. The highest BCUT2D eigenvalue weighted by Gasteiger charge is 2.45. The van der Waals surface area contributed by atoms with Crippen LogP contribution in [0.5, 0.6) is 0 Å². The normalized spacial score (nSPS) is 29.6. The lowest BCUT2D eigenvalue weighted by Gasteiger charge is -2.45. The lowest BCUT2D eigenvalue weighted by Crippen LogP contribution is -2.41. The first-order valence-corrected chi connectivity index (χ1v) is 11.1. The van der Waals surface area contributed by atoms with Gasteiger partial charge in [0.25, 0.3) is 0 Å². The van der Waals surface area contributed by atoms with E-state index in [-0.39, 0.29) is 17.3 Å². The Hall–Kier alpha value is -1.35. The van der Waals surface area contributed by atoms with Crippen molar-refractivity contribution in [3.05, 3.63) is 11.6 Å². The summed E-state index contributed by atoms with van der Waals surface area (Å²) in [5, 5.41) is 40.6. The molecule has 0 aromatic carbocycles. The van der Waals surface area contributed by atoms with Crippen LogP contribution >= 0.6 is 0 Å². The zero-order valence-corrected chi connectivity index (χ0v) is 17.9. The molecule has 2 aliphatic carbocycles. The zero-order chi connectivity index (χ0) is 21.4. The lowest BCUT2D eigenvalue weighted by atomic mass is 9.62. The molecule has 0 aromatic heterocycles. The molecule has 0 bridgehead atoms. The fourth-order valence-electron chi connectivity index (χ4n) is 5.09. The van der Waals surface area contributed by atoms with Crippen LogP contribution in [-0.2, 0) is 4.79 Å². The largest absolute Gasteiger partial charge is 0.478 e. The van der Waals surface area contributed by atoms with E-state index < -0.39 is 24.3 Å². The van der Waals surface area contributed by atoms with Crippen molar-refractivity contribution >= 4 is 5.97 Å². The van der Waals surface area contributed by atoms with Crippen molar-refractivity contribution in [1.29, 1.82) is 0 Å². The molecule has 4 N–H and O–H groups in total. The summed E-state index contributed by atoms with van der Waals surface area (Å²) in [6.45, 7) is 3.43. The minimum atomic E-state index is -0.882. The highest BCUT2D eigenvalue weighted by Crippen LogP contribution is 2.49. The topological polar surface area (TPSA) is 98.0 Å². The lowest BCUT2D eigenvalue weighted by molar-refractivity contribution is -0.132. The molecule has 2 saturated carbocycles. The number of hydrogen-bond donors (Lipinski definition) is 4. The Kier molecular flexibility index (Phi) is 9.20. The number of carboxylic acid groups (broad SMARTS) is 1. The first-order chi connectivity index (χ1) is 13.8. The van der Waals surface area contributed by atoms with Crippen LogP contribution < -0.4 is 0 Å². The van der Waals surface area contributed by atoms with Crippen LogP contribution in [0.2, 0.25) is 0 Å². The molecular weight excluding hydrogens is 368 g/mol. The number of hydrogen-bond acceptors (Lipinski definition) is 4. The van der Waals surface area contributed by atoms with Gasteiger partial charge in [0.2, 0.25) is 0 Å². The fourth-order valence-corrected chi connectivity index (χ4v) is 5.09. The molecule has 1 unspecified atom stereocenters. The smallest absolute Gasteiger partial charge is 0.330 e. The minimum Gasteiger partial charge on any atom is -0.478 e. The molecule has 2 rings (SSSR count). The number of carbonyl (C=O) groups is 1. The molecule has 2 aliphatic rings. The Bertz CT molecular complexity index is 625. The number of aliphatic carboxylic acids is 1. The molecule has 0 heterocycles. The van der Waals surface area contributed by atoms with Gasteiger partial charge in [-0.25, -0.2) is 4.79 Å². The molecule has 29 heavy (non-hydrogen) atoms. The van der Waals surface area contributed by atoms with Gasteiger partial charge in [-0.3, -0.25) is 0 Å². The number of unbranched alkanes of at least 4 members (excludes halogenated alkanes) is 2. The number of aliphatic hydroxyl groups excluding tert-OH is 3. The van der Waals surface area contributed by atoms with Crippen LogP contribution in [0.4, 0.5) is 0 Å². The van der Waals surface area contributed by atoms with Gasteiger partial charge in [-0.05, 0) is 77.0 Å². The van der Waals surface area contributed by atoms with Gasteiger partial charge in [-0.15, -0.1) is 11.8 Å². The summed E-state index contributed by atoms with van der Waals surface area (Å²) in [6, 6.07) is 0. The second-order valence-corrected chi connectivity index (χ2v) is 9.09. The average molecular weight is 407 g/mol. The molecule has 5 nitrogen and oxygen atoms in total. The van der Waals surface area contributed by atoms with Crippen molar-refractivity contribution in [2.75, 3.05) is 0 Å². The molecule has 0 aliphatic heterocycles. The summed E-state index contributed by atoms with van der Waals surface area (Å²) in [5.41, 5.74) is 0.292. The Morgan fingerprint density at radius 1 is 1.17 bits per heavy atom. The van der Waals surface area contributed by atoms with Crippen LogP contribution in [0.1, 0.15) is 84.5 Å². The maximum atomic E-state index is 10.8. The van der Waals surface area contributed by atoms with E-state index >= 15 is 0 Å². The van der Waals surface area contributed by atoms with Gasteiger partial charge >= 0.3 is 5.97 Å². The molecular formula is C24H38O5. The number of rotatable bonds is 11. The third kappa shape index (κ3) is 6.31. The summed E-state index contributed by atoms with van der Waals surface area (Å²) < 4.78 is 0. The Morgan fingerprint density at radius 3 is 2.38 bits per heavy atom. The summed E-state index contributed by atoms with van der Waals surface area (Å²) in [5.74, 6) is 5.26. The van der Waals surface area contributed by atoms with Gasteiger partial charge in [0.1, 0.15) is 0 Å². The maximum absolute atomic E-state index is 10.8. The van der Waals surface area contributed by atoms with Crippen molar-refractivity contribution < 1.29 is 25.2 Å².